The largest absolute Gasteiger partial charge is 0.237 e. The van der Waals surface area contributed by atoms with Gasteiger partial charge < -0.3 is 0 Å². The highest BCUT2D eigenvalue weighted by molar-refractivity contribution is 8.76. The van der Waals surface area contributed by atoms with E-state index in [0.717, 1.165) is 9.79 Å². The number of rotatable bonds is 5. The average Bonchev–Trinajstić information content (AvgIpc) is 2.94. The molecule has 2 aromatic rings. The minimum atomic E-state index is -1.51. The SMILES string of the molecule is O=S(Cl)c1cscc1SSc1cscc1S(=O)Cl. The third-order valence-electron chi connectivity index (χ3n) is 1.75. The third-order valence-corrected chi connectivity index (χ3v) is 8.91. The Labute approximate surface area is 134 Å². The summed E-state index contributed by atoms with van der Waals surface area (Å²) in [6.45, 7) is 0. The molecule has 0 aliphatic heterocycles. The van der Waals surface area contributed by atoms with E-state index >= 15 is 0 Å². The van der Waals surface area contributed by atoms with Crippen molar-refractivity contribution in [3.8, 4) is 0 Å². The van der Waals surface area contributed by atoms with Crippen LogP contribution in [0.25, 0.3) is 0 Å². The quantitative estimate of drug-likeness (QED) is 0.519. The summed E-state index contributed by atoms with van der Waals surface area (Å²) in [6.07, 6.45) is 0. The fourth-order valence-electron chi connectivity index (χ4n) is 0.993. The van der Waals surface area contributed by atoms with Gasteiger partial charge in [-0.15, -0.1) is 22.7 Å². The number of hydrogen-bond donors (Lipinski definition) is 0. The van der Waals surface area contributed by atoms with Crippen LogP contribution < -0.4 is 0 Å². The van der Waals surface area contributed by atoms with Crippen LogP contribution in [0.3, 0.4) is 0 Å². The summed E-state index contributed by atoms with van der Waals surface area (Å²) in [6, 6.07) is 0. The molecule has 0 saturated heterocycles. The van der Waals surface area contributed by atoms with Gasteiger partial charge in [-0.1, -0.05) is 21.6 Å². The summed E-state index contributed by atoms with van der Waals surface area (Å²) in [7, 11) is 11.0. The lowest BCUT2D eigenvalue weighted by molar-refractivity contribution is 0.689. The molecule has 2 atom stereocenters. The molecule has 18 heavy (non-hydrogen) atoms. The zero-order chi connectivity index (χ0) is 13.1. The predicted octanol–water partition coefficient (Wildman–Crippen LogP) is 5.13. The second-order valence-corrected chi connectivity index (χ2v) is 9.97. The van der Waals surface area contributed by atoms with Crippen LogP contribution in [0, 0.1) is 0 Å². The fourth-order valence-corrected chi connectivity index (χ4v) is 9.14. The van der Waals surface area contributed by atoms with Crippen molar-refractivity contribution >= 4 is 85.7 Å². The van der Waals surface area contributed by atoms with Crippen LogP contribution in [0.5, 0.6) is 0 Å². The zero-order valence-corrected chi connectivity index (χ0v) is 14.7. The molecule has 0 amide bonds. The Bertz CT molecular complexity index is 540. The van der Waals surface area contributed by atoms with E-state index in [4.69, 9.17) is 21.4 Å². The van der Waals surface area contributed by atoms with Gasteiger partial charge in [-0.25, -0.2) is 8.42 Å². The lowest BCUT2D eigenvalue weighted by Gasteiger charge is -2.00. The van der Waals surface area contributed by atoms with E-state index in [1.165, 1.54) is 44.3 Å². The van der Waals surface area contributed by atoms with Gasteiger partial charge in [0.25, 0.3) is 0 Å². The van der Waals surface area contributed by atoms with Gasteiger partial charge in [-0.2, -0.15) is 0 Å². The first-order chi connectivity index (χ1) is 8.59. The first-order valence-corrected chi connectivity index (χ1v) is 12.2. The van der Waals surface area contributed by atoms with Gasteiger partial charge in [-0.3, -0.25) is 0 Å². The Kier molecular flexibility index (Phi) is 6.08. The average molecular weight is 395 g/mol. The maximum Gasteiger partial charge on any atom is 0.149 e. The van der Waals surface area contributed by atoms with Gasteiger partial charge in [0.1, 0.15) is 20.0 Å². The molecule has 2 aromatic heterocycles. The zero-order valence-electron chi connectivity index (χ0n) is 8.33. The highest BCUT2D eigenvalue weighted by Crippen LogP contribution is 2.44. The van der Waals surface area contributed by atoms with E-state index in [1.807, 2.05) is 10.8 Å². The number of halogens is 2. The van der Waals surface area contributed by atoms with Gasteiger partial charge in [-0.05, 0) is 21.4 Å². The van der Waals surface area contributed by atoms with Crippen LogP contribution in [0.4, 0.5) is 0 Å². The Morgan fingerprint density at radius 1 is 0.833 bits per heavy atom. The maximum atomic E-state index is 11.3. The van der Waals surface area contributed by atoms with Crippen molar-refractivity contribution in [3.63, 3.8) is 0 Å². The molecule has 0 fully saturated rings. The minimum Gasteiger partial charge on any atom is -0.237 e. The van der Waals surface area contributed by atoms with Gasteiger partial charge in [0, 0.05) is 31.3 Å². The van der Waals surface area contributed by atoms with E-state index in [1.54, 1.807) is 10.8 Å². The molecule has 0 spiro atoms. The summed E-state index contributed by atoms with van der Waals surface area (Å²) in [5.41, 5.74) is 0. The van der Waals surface area contributed by atoms with E-state index in [-0.39, 0.29) is 0 Å². The van der Waals surface area contributed by atoms with E-state index in [9.17, 15) is 8.42 Å². The van der Waals surface area contributed by atoms with Gasteiger partial charge in [0.05, 0.1) is 9.79 Å². The molecule has 2 nitrogen and oxygen atoms in total. The van der Waals surface area contributed by atoms with Crippen molar-refractivity contribution in [1.29, 1.82) is 0 Å². The van der Waals surface area contributed by atoms with Crippen molar-refractivity contribution in [2.75, 3.05) is 0 Å². The topological polar surface area (TPSA) is 34.1 Å². The Balaban J connectivity index is 2.12. The van der Waals surface area contributed by atoms with E-state index < -0.39 is 20.0 Å². The molecular formula is C8H4Cl2O2S6. The first-order valence-electron chi connectivity index (χ1n) is 4.22. The monoisotopic (exact) mass is 394 g/mol. The van der Waals surface area contributed by atoms with Crippen LogP contribution in [-0.4, -0.2) is 8.42 Å². The van der Waals surface area contributed by atoms with Crippen LogP contribution in [0.1, 0.15) is 0 Å². The summed E-state index contributed by atoms with van der Waals surface area (Å²) in [4.78, 5) is 2.94. The molecule has 0 bridgehead atoms. The number of hydrogen-bond acceptors (Lipinski definition) is 6. The second-order valence-electron chi connectivity index (χ2n) is 2.81. The molecule has 2 heterocycles. The summed E-state index contributed by atoms with van der Waals surface area (Å²) < 4.78 is 22.5. The van der Waals surface area contributed by atoms with Crippen molar-refractivity contribution in [1.82, 2.24) is 0 Å². The van der Waals surface area contributed by atoms with Gasteiger partial charge >= 0.3 is 0 Å². The molecule has 98 valence electrons. The molecular weight excluding hydrogens is 391 g/mol. The molecule has 0 aliphatic carbocycles. The van der Waals surface area contributed by atoms with Gasteiger partial charge in [0.2, 0.25) is 0 Å². The van der Waals surface area contributed by atoms with E-state index in [0.29, 0.717) is 9.79 Å². The van der Waals surface area contributed by atoms with Crippen LogP contribution in [0.2, 0.25) is 0 Å². The predicted molar refractivity (Wildman–Crippen MR) is 84.9 cm³/mol. The van der Waals surface area contributed by atoms with Crippen molar-refractivity contribution in [2.24, 2.45) is 0 Å². The van der Waals surface area contributed by atoms with Gasteiger partial charge in [0.15, 0.2) is 0 Å². The van der Waals surface area contributed by atoms with Crippen molar-refractivity contribution in [3.05, 3.63) is 21.5 Å². The first kappa shape index (κ1) is 15.4. The molecule has 2 unspecified atom stereocenters. The van der Waals surface area contributed by atoms with Crippen LogP contribution in [0.15, 0.2) is 41.1 Å². The Morgan fingerprint density at radius 3 is 1.56 bits per heavy atom. The molecule has 0 aromatic carbocycles. The van der Waals surface area contributed by atoms with E-state index in [2.05, 4.69) is 0 Å². The molecule has 10 heteroatoms. The van der Waals surface area contributed by atoms with Crippen LogP contribution in [-0.2, 0) is 20.0 Å². The standard InChI is InChI=1S/C8H4Cl2O2S6/c9-17(11)7-3-13-1-5(7)15-16-6-2-14-4-8(6)18(10)12/h1-4H. The molecule has 0 N–H and O–H groups in total. The molecule has 2 rings (SSSR count). The van der Waals surface area contributed by atoms with Crippen molar-refractivity contribution in [2.45, 2.75) is 19.6 Å². The maximum absolute atomic E-state index is 11.3. The Morgan fingerprint density at radius 2 is 1.22 bits per heavy atom. The van der Waals surface area contributed by atoms with Crippen LogP contribution >= 0.6 is 65.6 Å². The highest BCUT2D eigenvalue weighted by Gasteiger charge is 2.14. The smallest absolute Gasteiger partial charge is 0.149 e. The molecule has 0 radical (unpaired) electrons. The lowest BCUT2D eigenvalue weighted by atomic mass is 10.7. The summed E-state index contributed by atoms with van der Waals surface area (Å²) in [5, 5.41) is 7.30. The summed E-state index contributed by atoms with van der Waals surface area (Å²) >= 11 is 2.89. The van der Waals surface area contributed by atoms with Crippen molar-refractivity contribution < 1.29 is 8.42 Å². The Hall–Kier alpha value is 0.980. The number of thiophene rings is 2. The normalized spacial score (nSPS) is 14.6. The summed E-state index contributed by atoms with van der Waals surface area (Å²) in [5.74, 6) is 0. The fraction of sp³-hybridized carbons (Fsp3) is 0. The molecule has 0 aliphatic rings. The highest BCUT2D eigenvalue weighted by atomic mass is 35.7. The lowest BCUT2D eigenvalue weighted by Crippen LogP contribution is -1.80. The molecule has 0 saturated carbocycles. The minimum absolute atomic E-state index is 0.614. The second kappa shape index (κ2) is 7.12. The third kappa shape index (κ3) is 3.76.